The van der Waals surface area contributed by atoms with Crippen LogP contribution in [0.5, 0.6) is 5.88 Å². The molecule has 8 nitrogen and oxygen atoms in total. The van der Waals surface area contributed by atoms with Crippen molar-refractivity contribution in [3.8, 4) is 5.88 Å². The van der Waals surface area contributed by atoms with Gasteiger partial charge in [-0.05, 0) is 31.9 Å². The number of aromatic nitrogens is 2. The van der Waals surface area contributed by atoms with Crippen LogP contribution < -0.4 is 10.1 Å². The van der Waals surface area contributed by atoms with Gasteiger partial charge >= 0.3 is 5.97 Å². The van der Waals surface area contributed by atoms with Crippen LogP contribution in [0.4, 0.5) is 0 Å². The van der Waals surface area contributed by atoms with Crippen molar-refractivity contribution in [2.75, 3.05) is 14.2 Å². The van der Waals surface area contributed by atoms with E-state index in [2.05, 4.69) is 15.3 Å². The highest BCUT2D eigenvalue weighted by Crippen LogP contribution is 2.35. The molecule has 0 saturated heterocycles. The van der Waals surface area contributed by atoms with Crippen molar-refractivity contribution in [3.63, 3.8) is 0 Å². The van der Waals surface area contributed by atoms with Crippen LogP contribution in [0.2, 0.25) is 0 Å². The molecule has 0 spiro atoms. The number of fused-ring (bicyclic) bond motifs is 1. The maximum Gasteiger partial charge on any atom is 0.308 e. The number of amides is 1. The number of rotatable bonds is 9. The number of ether oxygens (including phenoxy) is 3. The van der Waals surface area contributed by atoms with Gasteiger partial charge in [0.25, 0.3) is 5.91 Å². The van der Waals surface area contributed by atoms with E-state index < -0.39 is 6.04 Å². The molecule has 0 radical (unpaired) electrons. The van der Waals surface area contributed by atoms with E-state index in [1.807, 2.05) is 37.3 Å². The third-order valence-electron chi connectivity index (χ3n) is 4.72. The minimum atomic E-state index is -0.531. The molecule has 170 valence electrons. The van der Waals surface area contributed by atoms with E-state index in [1.165, 1.54) is 18.4 Å². The Kier molecular flexibility index (Phi) is 7.76. The van der Waals surface area contributed by atoms with Crippen LogP contribution >= 0.6 is 11.3 Å². The molecule has 1 N–H and O–H groups in total. The van der Waals surface area contributed by atoms with Gasteiger partial charge in [0.05, 0.1) is 35.9 Å². The quantitative estimate of drug-likeness (QED) is 0.485. The van der Waals surface area contributed by atoms with Crippen molar-refractivity contribution in [3.05, 3.63) is 52.2 Å². The first-order valence-corrected chi connectivity index (χ1v) is 11.0. The lowest BCUT2D eigenvalue weighted by atomic mass is 10.0. The summed E-state index contributed by atoms with van der Waals surface area (Å²) in [6.45, 7) is 5.65. The third kappa shape index (κ3) is 5.41. The van der Waals surface area contributed by atoms with Crippen LogP contribution in [0, 0.1) is 6.92 Å². The first-order chi connectivity index (χ1) is 15.3. The largest absolute Gasteiger partial charge is 0.480 e. The van der Waals surface area contributed by atoms with E-state index in [9.17, 15) is 9.59 Å². The molecule has 9 heteroatoms. The first-order valence-electron chi connectivity index (χ1n) is 10.2. The predicted octanol–water partition coefficient (Wildman–Crippen LogP) is 3.97. The van der Waals surface area contributed by atoms with Crippen LogP contribution in [-0.4, -0.2) is 42.2 Å². The highest BCUT2D eigenvalue weighted by Gasteiger charge is 2.25. The van der Waals surface area contributed by atoms with Crippen LogP contribution in [0.3, 0.4) is 0 Å². The van der Waals surface area contributed by atoms with Crippen LogP contribution in [0.25, 0.3) is 10.2 Å². The number of methoxy groups -OCH3 is 2. The normalized spacial score (nSPS) is 12.1. The van der Waals surface area contributed by atoms with Gasteiger partial charge in [0.1, 0.15) is 11.4 Å². The number of aryl methyl sites for hydroxylation is 1. The maximum atomic E-state index is 13.3. The lowest BCUT2D eigenvalue weighted by molar-refractivity contribution is -0.147. The zero-order valence-corrected chi connectivity index (χ0v) is 19.6. The van der Waals surface area contributed by atoms with Gasteiger partial charge in [-0.25, -0.2) is 4.98 Å². The second-order valence-electron chi connectivity index (χ2n) is 7.50. The van der Waals surface area contributed by atoms with Crippen LogP contribution in [0.1, 0.15) is 52.9 Å². The number of carbonyl (C=O) groups is 2. The fraction of sp³-hybridized carbons (Fsp3) is 0.391. The molecule has 0 aliphatic heterocycles. The van der Waals surface area contributed by atoms with Crippen molar-refractivity contribution in [2.24, 2.45) is 0 Å². The van der Waals surface area contributed by atoms with Gasteiger partial charge < -0.3 is 19.5 Å². The second-order valence-corrected chi connectivity index (χ2v) is 8.50. The summed E-state index contributed by atoms with van der Waals surface area (Å²) in [5.74, 6) is 0.199. The Labute approximate surface area is 190 Å². The molecule has 0 fully saturated rings. The van der Waals surface area contributed by atoms with Gasteiger partial charge in [0.15, 0.2) is 5.82 Å². The summed E-state index contributed by atoms with van der Waals surface area (Å²) < 4.78 is 15.9. The molecule has 2 aromatic heterocycles. The van der Waals surface area contributed by atoms with Crippen molar-refractivity contribution >= 4 is 33.4 Å². The summed E-state index contributed by atoms with van der Waals surface area (Å²) in [6.07, 6.45) is -0.203. The van der Waals surface area contributed by atoms with Gasteiger partial charge in [0.2, 0.25) is 5.88 Å². The Morgan fingerprint density at radius 3 is 2.47 bits per heavy atom. The number of thiophene rings is 1. The Balaban J connectivity index is 1.93. The van der Waals surface area contributed by atoms with Crippen molar-refractivity contribution in [1.29, 1.82) is 0 Å². The van der Waals surface area contributed by atoms with Gasteiger partial charge in [0, 0.05) is 7.11 Å². The monoisotopic (exact) mass is 457 g/mol. The summed E-state index contributed by atoms with van der Waals surface area (Å²) in [5.41, 5.74) is 1.54. The highest BCUT2D eigenvalue weighted by atomic mass is 32.1. The number of hydrogen-bond acceptors (Lipinski definition) is 8. The molecular formula is C23H27N3O5S. The average molecular weight is 458 g/mol. The zero-order chi connectivity index (χ0) is 23.3. The Bertz CT molecular complexity index is 1100. The molecule has 0 saturated carbocycles. The number of carbonyl (C=O) groups excluding carboxylic acids is 2. The van der Waals surface area contributed by atoms with E-state index in [-0.39, 0.29) is 31.0 Å². The molecule has 1 unspecified atom stereocenters. The molecule has 2 heterocycles. The SMILES string of the molecule is COCc1nc(OC)c2c(C)c(C(=O)NC(CC(=O)OC(C)C)c3ccccc3)sc2n1. The molecule has 0 aliphatic carbocycles. The zero-order valence-electron chi connectivity index (χ0n) is 18.8. The topological polar surface area (TPSA) is 99.6 Å². The molecule has 1 aromatic carbocycles. The van der Waals surface area contributed by atoms with Crippen molar-refractivity contribution in [1.82, 2.24) is 15.3 Å². The molecule has 3 rings (SSSR count). The summed E-state index contributed by atoms with van der Waals surface area (Å²) in [5, 5.41) is 3.68. The van der Waals surface area contributed by atoms with Gasteiger partial charge in [-0.3, -0.25) is 9.59 Å². The molecule has 0 bridgehead atoms. The fourth-order valence-electron chi connectivity index (χ4n) is 3.34. The first kappa shape index (κ1) is 23.6. The summed E-state index contributed by atoms with van der Waals surface area (Å²) in [7, 11) is 3.09. The Morgan fingerprint density at radius 1 is 1.12 bits per heavy atom. The van der Waals surface area contributed by atoms with Gasteiger partial charge in [-0.1, -0.05) is 30.3 Å². The van der Waals surface area contributed by atoms with E-state index >= 15 is 0 Å². The lowest BCUT2D eigenvalue weighted by Crippen LogP contribution is -2.31. The highest BCUT2D eigenvalue weighted by molar-refractivity contribution is 7.20. The lowest BCUT2D eigenvalue weighted by Gasteiger charge is -2.19. The molecule has 3 aromatic rings. The average Bonchev–Trinajstić information content (AvgIpc) is 3.09. The van der Waals surface area contributed by atoms with Crippen molar-refractivity contribution in [2.45, 2.75) is 45.9 Å². The standard InChI is InChI=1S/C23H27N3O5S/c1-13(2)31-18(27)11-16(15-9-7-6-8-10-15)24-21(28)20-14(3)19-22(30-5)25-17(12-29-4)26-23(19)32-20/h6-10,13,16H,11-12H2,1-5H3,(H,24,28). The summed E-state index contributed by atoms with van der Waals surface area (Å²) >= 11 is 1.25. The minimum absolute atomic E-state index is 0.0268. The molecule has 32 heavy (non-hydrogen) atoms. The number of nitrogens with one attached hydrogen (secondary N) is 1. The fourth-order valence-corrected chi connectivity index (χ4v) is 4.43. The molecular weight excluding hydrogens is 430 g/mol. The smallest absolute Gasteiger partial charge is 0.308 e. The number of benzene rings is 1. The molecule has 1 amide bonds. The van der Waals surface area contributed by atoms with Gasteiger partial charge in [-0.15, -0.1) is 11.3 Å². The second kappa shape index (κ2) is 10.5. The minimum Gasteiger partial charge on any atom is -0.480 e. The van der Waals surface area contributed by atoms with E-state index in [0.29, 0.717) is 26.8 Å². The number of hydrogen-bond donors (Lipinski definition) is 1. The van der Waals surface area contributed by atoms with E-state index in [0.717, 1.165) is 11.1 Å². The third-order valence-corrected chi connectivity index (χ3v) is 5.91. The van der Waals surface area contributed by atoms with Crippen LogP contribution in [0.15, 0.2) is 30.3 Å². The summed E-state index contributed by atoms with van der Waals surface area (Å²) in [4.78, 5) is 35.6. The molecule has 1 atom stereocenters. The Hall–Kier alpha value is -3.04. The van der Waals surface area contributed by atoms with E-state index in [1.54, 1.807) is 21.0 Å². The maximum absolute atomic E-state index is 13.3. The van der Waals surface area contributed by atoms with E-state index in [4.69, 9.17) is 14.2 Å². The van der Waals surface area contributed by atoms with Crippen molar-refractivity contribution < 1.29 is 23.8 Å². The Morgan fingerprint density at radius 2 is 1.84 bits per heavy atom. The van der Waals surface area contributed by atoms with Gasteiger partial charge in [-0.2, -0.15) is 4.98 Å². The summed E-state index contributed by atoms with van der Waals surface area (Å²) in [6, 6.07) is 8.83. The number of nitrogens with zero attached hydrogens (tertiary/aromatic N) is 2. The van der Waals surface area contributed by atoms with Crippen LogP contribution in [-0.2, 0) is 20.9 Å². The number of esters is 1. The molecule has 0 aliphatic rings. The predicted molar refractivity (Wildman–Crippen MR) is 122 cm³/mol.